The van der Waals surface area contributed by atoms with E-state index in [0.717, 1.165) is 11.3 Å². The first kappa shape index (κ1) is 18.2. The minimum absolute atomic E-state index is 0.152. The molecule has 0 amide bonds. The first-order chi connectivity index (χ1) is 11.0. The predicted octanol–water partition coefficient (Wildman–Crippen LogP) is 2.50. The second kappa shape index (κ2) is 7.63. The van der Waals surface area contributed by atoms with Crippen LogP contribution in [0.5, 0.6) is 17.2 Å². The number of sulfonamides is 1. The number of methoxy groups -OCH3 is 3. The zero-order valence-electron chi connectivity index (χ0n) is 13.9. The van der Waals surface area contributed by atoms with Gasteiger partial charge in [0.1, 0.15) is 5.75 Å². The second-order valence-electron chi connectivity index (χ2n) is 5.10. The number of hydrogen-bond donors (Lipinski definition) is 0. The van der Waals surface area contributed by atoms with Crippen molar-refractivity contribution in [3.63, 3.8) is 0 Å². The fourth-order valence-corrected chi connectivity index (χ4v) is 5.98. The minimum atomic E-state index is -3.28. The molecule has 0 aromatic heterocycles. The molecule has 1 aliphatic rings. The van der Waals surface area contributed by atoms with E-state index in [1.165, 1.54) is 0 Å². The quantitative estimate of drug-likeness (QED) is 0.743. The van der Waals surface area contributed by atoms with Crippen molar-refractivity contribution < 1.29 is 22.6 Å². The molecule has 6 nitrogen and oxygen atoms in total. The van der Waals surface area contributed by atoms with Crippen molar-refractivity contribution in [2.75, 3.05) is 39.4 Å². The fraction of sp³-hybridized carbons (Fsp3) is 0.600. The Labute approximate surface area is 142 Å². The van der Waals surface area contributed by atoms with Gasteiger partial charge in [0, 0.05) is 23.9 Å². The number of hydrogen-bond acceptors (Lipinski definition) is 6. The van der Waals surface area contributed by atoms with Gasteiger partial charge in [-0.15, -0.1) is 11.8 Å². The van der Waals surface area contributed by atoms with E-state index in [0.29, 0.717) is 30.2 Å². The van der Waals surface area contributed by atoms with Crippen molar-refractivity contribution in [1.29, 1.82) is 0 Å². The summed E-state index contributed by atoms with van der Waals surface area (Å²) in [4.78, 5) is 0. The minimum Gasteiger partial charge on any atom is -0.496 e. The summed E-state index contributed by atoms with van der Waals surface area (Å²) < 4.78 is 42.7. The van der Waals surface area contributed by atoms with E-state index in [4.69, 9.17) is 14.2 Å². The van der Waals surface area contributed by atoms with Gasteiger partial charge >= 0.3 is 0 Å². The summed E-state index contributed by atoms with van der Waals surface area (Å²) in [7, 11) is 1.39. The molecule has 8 heteroatoms. The first-order valence-corrected chi connectivity index (χ1v) is 10.0. The molecular weight excluding hydrogens is 338 g/mol. The third kappa shape index (κ3) is 3.70. The zero-order valence-corrected chi connectivity index (χ0v) is 15.5. The number of rotatable bonds is 7. The molecule has 1 fully saturated rings. The number of thioether (sulfide) groups is 1. The Hall–Kier alpha value is -1.12. The van der Waals surface area contributed by atoms with Crippen LogP contribution in [0.3, 0.4) is 0 Å². The van der Waals surface area contributed by atoms with Gasteiger partial charge in [-0.25, -0.2) is 8.42 Å². The summed E-state index contributed by atoms with van der Waals surface area (Å²) in [6.45, 7) is 2.38. The smallest absolute Gasteiger partial charge is 0.215 e. The molecule has 1 saturated heterocycles. The van der Waals surface area contributed by atoms with Gasteiger partial charge in [-0.05, 0) is 12.5 Å². The number of benzene rings is 1. The van der Waals surface area contributed by atoms with Crippen molar-refractivity contribution in [3.05, 3.63) is 17.7 Å². The summed E-state index contributed by atoms with van der Waals surface area (Å²) in [5.41, 5.74) is 0.785. The van der Waals surface area contributed by atoms with Crippen LogP contribution in [0.15, 0.2) is 12.1 Å². The van der Waals surface area contributed by atoms with Crippen LogP contribution in [0.2, 0.25) is 0 Å². The van der Waals surface area contributed by atoms with Crippen molar-refractivity contribution >= 4 is 21.8 Å². The predicted molar refractivity (Wildman–Crippen MR) is 92.1 cm³/mol. The van der Waals surface area contributed by atoms with Gasteiger partial charge in [-0.1, -0.05) is 6.92 Å². The summed E-state index contributed by atoms with van der Waals surface area (Å²) in [6.07, 6.45) is 0.597. The van der Waals surface area contributed by atoms with E-state index in [2.05, 4.69) is 0 Å². The average molecular weight is 361 g/mol. The van der Waals surface area contributed by atoms with Gasteiger partial charge in [-0.2, -0.15) is 4.31 Å². The van der Waals surface area contributed by atoms with Crippen LogP contribution < -0.4 is 14.2 Å². The number of nitrogens with zero attached hydrogens (tertiary/aromatic N) is 1. The molecule has 0 N–H and O–H groups in total. The zero-order chi connectivity index (χ0) is 17.0. The SMILES string of the molecule is CCCS(=O)(=O)N1CCSC1c1cc(OC)c(OC)cc1OC. The monoisotopic (exact) mass is 361 g/mol. The van der Waals surface area contributed by atoms with E-state index in [1.807, 2.05) is 6.92 Å². The largest absolute Gasteiger partial charge is 0.496 e. The van der Waals surface area contributed by atoms with Crippen LogP contribution in [-0.4, -0.2) is 52.1 Å². The number of ether oxygens (including phenoxy) is 3. The summed E-state index contributed by atoms with van der Waals surface area (Å²) in [5.74, 6) is 2.62. The maximum atomic E-state index is 12.5. The molecule has 0 saturated carbocycles. The maximum absolute atomic E-state index is 12.5. The molecule has 0 aliphatic carbocycles. The van der Waals surface area contributed by atoms with E-state index in [-0.39, 0.29) is 11.1 Å². The molecule has 1 aliphatic heterocycles. The summed E-state index contributed by atoms with van der Waals surface area (Å²) in [5, 5.41) is -0.304. The molecule has 0 bridgehead atoms. The molecule has 0 radical (unpaired) electrons. The van der Waals surface area contributed by atoms with E-state index in [9.17, 15) is 8.42 Å². The Morgan fingerprint density at radius 1 is 1.13 bits per heavy atom. The Balaban J connectivity index is 2.47. The normalized spacial score (nSPS) is 18.9. The molecule has 130 valence electrons. The Bertz CT molecular complexity index is 648. The van der Waals surface area contributed by atoms with Gasteiger partial charge in [0.2, 0.25) is 10.0 Å². The lowest BCUT2D eigenvalue weighted by Gasteiger charge is -2.25. The van der Waals surface area contributed by atoms with Crippen molar-refractivity contribution in [2.45, 2.75) is 18.7 Å². The highest BCUT2D eigenvalue weighted by atomic mass is 32.2. The lowest BCUT2D eigenvalue weighted by atomic mass is 10.1. The summed E-state index contributed by atoms with van der Waals surface area (Å²) in [6, 6.07) is 3.53. The molecular formula is C15H23NO5S2. The Morgan fingerprint density at radius 3 is 2.30 bits per heavy atom. The molecule has 0 spiro atoms. The molecule has 1 atom stereocenters. The maximum Gasteiger partial charge on any atom is 0.215 e. The second-order valence-corrected chi connectivity index (χ2v) is 8.33. The standard InChI is InChI=1S/C15H23NO5S2/c1-5-8-23(17,18)16-6-7-22-15(16)11-9-13(20-3)14(21-4)10-12(11)19-2/h9-10,15H,5-8H2,1-4H3. The van der Waals surface area contributed by atoms with Crippen LogP contribution in [0.4, 0.5) is 0 Å². The van der Waals surface area contributed by atoms with Gasteiger partial charge in [0.05, 0.1) is 32.5 Å². The van der Waals surface area contributed by atoms with Gasteiger partial charge in [0.15, 0.2) is 11.5 Å². The van der Waals surface area contributed by atoms with Gasteiger partial charge in [-0.3, -0.25) is 0 Å². The molecule has 1 aromatic rings. The first-order valence-electron chi connectivity index (χ1n) is 7.39. The van der Waals surface area contributed by atoms with Crippen molar-refractivity contribution in [3.8, 4) is 17.2 Å². The highest BCUT2D eigenvalue weighted by Crippen LogP contribution is 2.47. The van der Waals surface area contributed by atoms with Crippen molar-refractivity contribution in [1.82, 2.24) is 4.31 Å². The third-order valence-corrected chi connectivity index (χ3v) is 7.08. The lowest BCUT2D eigenvalue weighted by Crippen LogP contribution is -2.32. The van der Waals surface area contributed by atoms with E-state index in [1.54, 1.807) is 49.5 Å². The Kier molecular flexibility index (Phi) is 6.05. The van der Waals surface area contributed by atoms with Crippen LogP contribution >= 0.6 is 11.8 Å². The lowest BCUT2D eigenvalue weighted by molar-refractivity contribution is 0.344. The Morgan fingerprint density at radius 2 is 1.74 bits per heavy atom. The van der Waals surface area contributed by atoms with Gasteiger partial charge in [0.25, 0.3) is 0 Å². The van der Waals surface area contributed by atoms with Crippen LogP contribution in [-0.2, 0) is 10.0 Å². The molecule has 23 heavy (non-hydrogen) atoms. The highest BCUT2D eigenvalue weighted by molar-refractivity contribution is 8.00. The molecule has 1 unspecified atom stereocenters. The van der Waals surface area contributed by atoms with Crippen molar-refractivity contribution in [2.24, 2.45) is 0 Å². The third-order valence-electron chi connectivity index (χ3n) is 3.67. The highest BCUT2D eigenvalue weighted by Gasteiger charge is 2.37. The van der Waals surface area contributed by atoms with Crippen LogP contribution in [0.25, 0.3) is 0 Å². The van der Waals surface area contributed by atoms with Crippen LogP contribution in [0.1, 0.15) is 24.3 Å². The summed E-state index contributed by atoms with van der Waals surface area (Å²) >= 11 is 1.59. The fourth-order valence-electron chi connectivity index (χ4n) is 2.61. The average Bonchev–Trinajstić information content (AvgIpc) is 3.03. The van der Waals surface area contributed by atoms with Gasteiger partial charge < -0.3 is 14.2 Å². The van der Waals surface area contributed by atoms with Crippen LogP contribution in [0, 0.1) is 0 Å². The molecule has 2 rings (SSSR count). The molecule has 1 aromatic carbocycles. The van der Waals surface area contributed by atoms with E-state index < -0.39 is 10.0 Å². The molecule has 1 heterocycles. The van der Waals surface area contributed by atoms with E-state index >= 15 is 0 Å². The topological polar surface area (TPSA) is 65.1 Å².